The van der Waals surface area contributed by atoms with Crippen LogP contribution in [0.3, 0.4) is 0 Å². The lowest BCUT2D eigenvalue weighted by Crippen LogP contribution is -2.41. The second-order valence-electron chi connectivity index (χ2n) is 7.96. The van der Waals surface area contributed by atoms with Gasteiger partial charge >= 0.3 is 12.1 Å². The normalized spacial score (nSPS) is 22.9. The minimum absolute atomic E-state index is 0.0536. The number of carbonyl (C=O) groups is 2. The number of urea groups is 1. The number of hydrogen-bond donors (Lipinski definition) is 1. The minimum atomic E-state index is -0.427. The van der Waals surface area contributed by atoms with Gasteiger partial charge in [-0.25, -0.2) is 9.59 Å². The molecule has 0 aliphatic carbocycles. The van der Waals surface area contributed by atoms with E-state index in [0.717, 1.165) is 24.9 Å². The number of ether oxygens (including phenoxy) is 1. The van der Waals surface area contributed by atoms with Gasteiger partial charge in [0.2, 0.25) is 0 Å². The van der Waals surface area contributed by atoms with Crippen LogP contribution in [0.2, 0.25) is 0 Å². The fraction of sp³-hybridized carbons (Fsp3) is 0.600. The molecule has 0 radical (unpaired) electrons. The molecule has 2 aliphatic heterocycles. The summed E-state index contributed by atoms with van der Waals surface area (Å²) in [4.78, 5) is 29.9. The van der Waals surface area contributed by atoms with Gasteiger partial charge < -0.3 is 24.8 Å². The third-order valence-electron chi connectivity index (χ3n) is 5.29. The Labute approximate surface area is 161 Å². The Bertz CT molecular complexity index is 676. The standard InChI is InChI=1S/C20H30N4O3/c1-22(2)14-17-7-5-16(6-8-17)13-21-18(25)24-11-4-9-20(10-12-24)15-23(3)19(26)27-20/h5-8H,4,9-15H2,1-3H3,(H,21,25)/t20-/m0/s1. The highest BCUT2D eigenvalue weighted by molar-refractivity contribution is 5.74. The summed E-state index contributed by atoms with van der Waals surface area (Å²) in [6, 6.07) is 8.26. The fourth-order valence-corrected chi connectivity index (χ4v) is 3.84. The van der Waals surface area contributed by atoms with Crippen LogP contribution in [0.25, 0.3) is 0 Å². The van der Waals surface area contributed by atoms with Gasteiger partial charge in [0.25, 0.3) is 0 Å². The zero-order chi connectivity index (χ0) is 19.4. The Morgan fingerprint density at radius 1 is 1.19 bits per heavy atom. The Hall–Kier alpha value is -2.28. The van der Waals surface area contributed by atoms with E-state index in [0.29, 0.717) is 32.6 Å². The number of amides is 3. The summed E-state index contributed by atoms with van der Waals surface area (Å²) in [5.41, 5.74) is 1.91. The lowest BCUT2D eigenvalue weighted by Gasteiger charge is -2.25. The van der Waals surface area contributed by atoms with Crippen molar-refractivity contribution in [3.8, 4) is 0 Å². The predicted molar refractivity (Wildman–Crippen MR) is 103 cm³/mol. The first-order valence-corrected chi connectivity index (χ1v) is 9.56. The van der Waals surface area contributed by atoms with Crippen LogP contribution in [-0.4, -0.2) is 73.2 Å². The van der Waals surface area contributed by atoms with E-state index < -0.39 is 5.60 Å². The van der Waals surface area contributed by atoms with Gasteiger partial charge in [0.1, 0.15) is 5.60 Å². The number of likely N-dealkylation sites (tertiary alicyclic amines) is 1. The molecule has 27 heavy (non-hydrogen) atoms. The Balaban J connectivity index is 1.49. The number of hydrogen-bond acceptors (Lipinski definition) is 4. The lowest BCUT2D eigenvalue weighted by molar-refractivity contribution is 0.0453. The van der Waals surface area contributed by atoms with Crippen molar-refractivity contribution < 1.29 is 14.3 Å². The van der Waals surface area contributed by atoms with Crippen molar-refractivity contribution in [3.05, 3.63) is 35.4 Å². The van der Waals surface area contributed by atoms with Gasteiger partial charge in [-0.1, -0.05) is 24.3 Å². The number of nitrogens with zero attached hydrogens (tertiary/aromatic N) is 3. The molecule has 3 rings (SSSR count). The quantitative estimate of drug-likeness (QED) is 0.878. The highest BCUT2D eigenvalue weighted by atomic mass is 16.6. The molecule has 0 saturated carbocycles. The summed E-state index contributed by atoms with van der Waals surface area (Å²) in [6.45, 7) is 3.33. The first-order chi connectivity index (χ1) is 12.9. The van der Waals surface area contributed by atoms with Crippen molar-refractivity contribution in [2.45, 2.75) is 38.0 Å². The van der Waals surface area contributed by atoms with E-state index in [1.165, 1.54) is 5.56 Å². The Morgan fingerprint density at radius 2 is 1.89 bits per heavy atom. The van der Waals surface area contributed by atoms with Crippen molar-refractivity contribution >= 4 is 12.1 Å². The molecule has 3 amide bonds. The maximum absolute atomic E-state index is 12.6. The molecule has 0 aromatic heterocycles. The van der Waals surface area contributed by atoms with Crippen molar-refractivity contribution in [3.63, 3.8) is 0 Å². The number of benzene rings is 1. The number of carbonyl (C=O) groups excluding carboxylic acids is 2. The van der Waals surface area contributed by atoms with Gasteiger partial charge in [-0.15, -0.1) is 0 Å². The molecular weight excluding hydrogens is 344 g/mol. The molecule has 1 spiro atoms. The van der Waals surface area contributed by atoms with Crippen LogP contribution in [0.4, 0.5) is 9.59 Å². The van der Waals surface area contributed by atoms with E-state index >= 15 is 0 Å². The molecule has 1 atom stereocenters. The van der Waals surface area contributed by atoms with E-state index in [9.17, 15) is 9.59 Å². The van der Waals surface area contributed by atoms with Crippen molar-refractivity contribution in [2.75, 3.05) is 40.8 Å². The molecule has 2 heterocycles. The molecule has 2 aliphatic rings. The Morgan fingerprint density at radius 3 is 2.52 bits per heavy atom. The van der Waals surface area contributed by atoms with Crippen LogP contribution in [-0.2, 0) is 17.8 Å². The third kappa shape index (κ3) is 4.91. The molecule has 2 fully saturated rings. The summed E-state index contributed by atoms with van der Waals surface area (Å²) in [6.07, 6.45) is 2.08. The second-order valence-corrected chi connectivity index (χ2v) is 7.96. The van der Waals surface area contributed by atoms with Crippen molar-refractivity contribution in [1.82, 2.24) is 20.0 Å². The van der Waals surface area contributed by atoms with Crippen molar-refractivity contribution in [2.24, 2.45) is 0 Å². The van der Waals surface area contributed by atoms with Gasteiger partial charge in [0.15, 0.2) is 0 Å². The molecule has 1 aromatic rings. The monoisotopic (exact) mass is 374 g/mol. The number of nitrogens with one attached hydrogen (secondary N) is 1. The number of rotatable bonds is 4. The SMILES string of the molecule is CN(C)Cc1ccc(CNC(=O)N2CCC[C@]3(CC2)CN(C)C(=O)O3)cc1. The number of likely N-dealkylation sites (N-methyl/N-ethyl adjacent to an activating group) is 1. The van der Waals surface area contributed by atoms with Gasteiger partial charge in [-0.2, -0.15) is 0 Å². The summed E-state index contributed by atoms with van der Waals surface area (Å²) in [5, 5.41) is 3.01. The van der Waals surface area contributed by atoms with Gasteiger partial charge in [-0.3, -0.25) is 0 Å². The van der Waals surface area contributed by atoms with Gasteiger partial charge in [-0.05, 0) is 38.1 Å². The van der Waals surface area contributed by atoms with Gasteiger partial charge in [0.05, 0.1) is 6.54 Å². The molecule has 148 valence electrons. The molecule has 1 N–H and O–H groups in total. The smallest absolute Gasteiger partial charge is 0.410 e. The average Bonchev–Trinajstić information content (AvgIpc) is 2.78. The van der Waals surface area contributed by atoms with Gasteiger partial charge in [0, 0.05) is 39.6 Å². The minimum Gasteiger partial charge on any atom is -0.441 e. The highest BCUT2D eigenvalue weighted by Crippen LogP contribution is 2.32. The summed E-state index contributed by atoms with van der Waals surface area (Å²) in [7, 11) is 5.85. The Kier molecular flexibility index (Phi) is 5.89. The molecule has 7 nitrogen and oxygen atoms in total. The van der Waals surface area contributed by atoms with Crippen molar-refractivity contribution in [1.29, 1.82) is 0 Å². The third-order valence-corrected chi connectivity index (χ3v) is 5.29. The first-order valence-electron chi connectivity index (χ1n) is 9.56. The molecular formula is C20H30N4O3. The molecule has 7 heteroatoms. The summed E-state index contributed by atoms with van der Waals surface area (Å²) >= 11 is 0. The van der Waals surface area contributed by atoms with Crippen LogP contribution in [0.5, 0.6) is 0 Å². The topological polar surface area (TPSA) is 65.1 Å². The molecule has 0 bridgehead atoms. The highest BCUT2D eigenvalue weighted by Gasteiger charge is 2.44. The second kappa shape index (κ2) is 8.17. The maximum Gasteiger partial charge on any atom is 0.410 e. The summed E-state index contributed by atoms with van der Waals surface area (Å²) in [5.74, 6) is 0. The average molecular weight is 374 g/mol. The molecule has 1 aromatic carbocycles. The van der Waals surface area contributed by atoms with Crippen LogP contribution in [0.1, 0.15) is 30.4 Å². The van der Waals surface area contributed by atoms with Crippen LogP contribution < -0.4 is 5.32 Å². The summed E-state index contributed by atoms with van der Waals surface area (Å²) < 4.78 is 5.60. The van der Waals surface area contributed by atoms with E-state index in [1.807, 2.05) is 19.0 Å². The predicted octanol–water partition coefficient (Wildman–Crippen LogP) is 2.26. The van der Waals surface area contributed by atoms with Crippen LogP contribution in [0.15, 0.2) is 24.3 Å². The van der Waals surface area contributed by atoms with E-state index in [-0.39, 0.29) is 12.1 Å². The van der Waals surface area contributed by atoms with Crippen LogP contribution >= 0.6 is 0 Å². The largest absolute Gasteiger partial charge is 0.441 e. The zero-order valence-electron chi connectivity index (χ0n) is 16.5. The first kappa shape index (κ1) is 19.5. The molecule has 2 saturated heterocycles. The maximum atomic E-state index is 12.6. The fourth-order valence-electron chi connectivity index (χ4n) is 3.84. The lowest BCUT2D eigenvalue weighted by atomic mass is 9.95. The van der Waals surface area contributed by atoms with E-state index in [1.54, 1.807) is 11.9 Å². The molecule has 0 unspecified atom stereocenters. The van der Waals surface area contributed by atoms with E-state index in [2.05, 4.69) is 34.5 Å². The van der Waals surface area contributed by atoms with Crippen LogP contribution in [0, 0.1) is 0 Å². The van der Waals surface area contributed by atoms with E-state index in [4.69, 9.17) is 4.74 Å². The zero-order valence-corrected chi connectivity index (χ0v) is 16.5.